The minimum atomic E-state index is -0.415. The summed E-state index contributed by atoms with van der Waals surface area (Å²) in [5.74, 6) is 0. The second-order valence-corrected chi connectivity index (χ2v) is 4.99. The Kier molecular flexibility index (Phi) is 2.49. The van der Waals surface area contributed by atoms with Crippen LogP contribution in [0.15, 0.2) is 36.2 Å². The van der Waals surface area contributed by atoms with Crippen LogP contribution in [0.4, 0.5) is 0 Å². The SMILES string of the molecule is CC(O)c1ccn(Cc2cn3ccsc3n2)c1. The van der Waals surface area contributed by atoms with Gasteiger partial charge in [-0.2, -0.15) is 0 Å². The average Bonchev–Trinajstić information content (AvgIpc) is 2.91. The number of hydrogen-bond acceptors (Lipinski definition) is 3. The summed E-state index contributed by atoms with van der Waals surface area (Å²) in [4.78, 5) is 5.54. The minimum absolute atomic E-state index is 0.415. The summed E-state index contributed by atoms with van der Waals surface area (Å²) in [6.07, 6.45) is 7.55. The Morgan fingerprint density at radius 1 is 1.41 bits per heavy atom. The van der Waals surface area contributed by atoms with Crippen molar-refractivity contribution in [2.75, 3.05) is 0 Å². The fourth-order valence-corrected chi connectivity index (χ4v) is 2.56. The highest BCUT2D eigenvalue weighted by molar-refractivity contribution is 7.15. The Morgan fingerprint density at radius 3 is 3.00 bits per heavy atom. The summed E-state index contributed by atoms with van der Waals surface area (Å²) in [6.45, 7) is 2.51. The Balaban J connectivity index is 1.84. The molecule has 0 saturated carbocycles. The van der Waals surface area contributed by atoms with E-state index in [1.807, 2.05) is 45.2 Å². The van der Waals surface area contributed by atoms with Crippen LogP contribution < -0.4 is 0 Å². The van der Waals surface area contributed by atoms with E-state index in [1.54, 1.807) is 18.3 Å². The highest BCUT2D eigenvalue weighted by atomic mass is 32.1. The summed E-state index contributed by atoms with van der Waals surface area (Å²) < 4.78 is 4.06. The van der Waals surface area contributed by atoms with E-state index in [2.05, 4.69) is 4.98 Å². The Labute approximate surface area is 103 Å². The number of hydrogen-bond donors (Lipinski definition) is 1. The molecule has 4 nitrogen and oxygen atoms in total. The van der Waals surface area contributed by atoms with Crippen molar-refractivity contribution in [3.05, 3.63) is 47.5 Å². The van der Waals surface area contributed by atoms with Gasteiger partial charge >= 0.3 is 0 Å². The first-order valence-electron chi connectivity index (χ1n) is 5.47. The van der Waals surface area contributed by atoms with Crippen LogP contribution in [0, 0.1) is 0 Å². The van der Waals surface area contributed by atoms with Gasteiger partial charge in [0.1, 0.15) is 0 Å². The van der Waals surface area contributed by atoms with Crippen LogP contribution in [0.1, 0.15) is 24.3 Å². The molecule has 1 unspecified atom stereocenters. The molecule has 0 amide bonds. The molecule has 88 valence electrons. The summed E-state index contributed by atoms with van der Waals surface area (Å²) in [6, 6.07) is 1.93. The van der Waals surface area contributed by atoms with Gasteiger partial charge in [0.05, 0.1) is 18.3 Å². The summed E-state index contributed by atoms with van der Waals surface area (Å²) >= 11 is 1.63. The van der Waals surface area contributed by atoms with Crippen molar-refractivity contribution in [1.29, 1.82) is 0 Å². The number of aromatic nitrogens is 3. The molecule has 0 saturated heterocycles. The Hall–Kier alpha value is -1.59. The second-order valence-electron chi connectivity index (χ2n) is 4.12. The third kappa shape index (κ3) is 1.99. The molecule has 3 rings (SSSR count). The monoisotopic (exact) mass is 247 g/mol. The topological polar surface area (TPSA) is 42.5 Å². The van der Waals surface area contributed by atoms with Gasteiger partial charge in [0.25, 0.3) is 0 Å². The van der Waals surface area contributed by atoms with Gasteiger partial charge in [0.15, 0.2) is 4.96 Å². The van der Waals surface area contributed by atoms with Gasteiger partial charge in [0, 0.05) is 30.2 Å². The van der Waals surface area contributed by atoms with E-state index >= 15 is 0 Å². The predicted octanol–water partition coefficient (Wildman–Crippen LogP) is 2.30. The average molecular weight is 247 g/mol. The first kappa shape index (κ1) is 10.6. The van der Waals surface area contributed by atoms with Gasteiger partial charge in [-0.15, -0.1) is 11.3 Å². The van der Waals surface area contributed by atoms with Gasteiger partial charge in [-0.25, -0.2) is 4.98 Å². The van der Waals surface area contributed by atoms with E-state index in [1.165, 1.54) is 0 Å². The molecule has 0 aliphatic heterocycles. The highest BCUT2D eigenvalue weighted by Gasteiger charge is 2.06. The first-order valence-corrected chi connectivity index (χ1v) is 6.35. The van der Waals surface area contributed by atoms with Crippen LogP contribution in [0.5, 0.6) is 0 Å². The Morgan fingerprint density at radius 2 is 2.29 bits per heavy atom. The highest BCUT2D eigenvalue weighted by Crippen LogP contribution is 2.15. The quantitative estimate of drug-likeness (QED) is 0.771. The molecule has 3 heterocycles. The van der Waals surface area contributed by atoms with Crippen LogP contribution >= 0.6 is 11.3 Å². The zero-order valence-electron chi connectivity index (χ0n) is 9.45. The number of nitrogens with zero attached hydrogens (tertiary/aromatic N) is 3. The van der Waals surface area contributed by atoms with E-state index in [4.69, 9.17) is 0 Å². The lowest BCUT2D eigenvalue weighted by molar-refractivity contribution is 0.199. The van der Waals surface area contributed by atoms with Crippen LogP contribution in [0.2, 0.25) is 0 Å². The molecule has 0 aliphatic carbocycles. The van der Waals surface area contributed by atoms with Gasteiger partial charge in [-0.3, -0.25) is 4.40 Å². The standard InChI is InChI=1S/C12H13N3OS/c1-9(16)10-2-3-14(6-10)7-11-8-15-4-5-17-12(15)13-11/h2-6,8-9,16H,7H2,1H3. The van der Waals surface area contributed by atoms with Gasteiger partial charge in [-0.1, -0.05) is 0 Å². The Bertz CT molecular complexity index is 606. The maximum Gasteiger partial charge on any atom is 0.193 e. The number of aliphatic hydroxyl groups is 1. The predicted molar refractivity (Wildman–Crippen MR) is 67.2 cm³/mol. The smallest absolute Gasteiger partial charge is 0.193 e. The molecule has 3 aromatic rings. The van der Waals surface area contributed by atoms with Crippen molar-refractivity contribution >= 4 is 16.3 Å². The molecule has 17 heavy (non-hydrogen) atoms. The first-order chi connectivity index (χ1) is 8.22. The molecule has 0 aromatic carbocycles. The van der Waals surface area contributed by atoms with E-state index in [-0.39, 0.29) is 0 Å². The van der Waals surface area contributed by atoms with Crippen molar-refractivity contribution in [2.45, 2.75) is 19.6 Å². The molecule has 3 aromatic heterocycles. The van der Waals surface area contributed by atoms with Crippen LogP contribution in [0.25, 0.3) is 4.96 Å². The zero-order valence-corrected chi connectivity index (χ0v) is 10.3. The van der Waals surface area contributed by atoms with Crippen LogP contribution in [0.3, 0.4) is 0 Å². The molecule has 0 radical (unpaired) electrons. The third-order valence-electron chi connectivity index (χ3n) is 2.74. The van der Waals surface area contributed by atoms with Crippen molar-refractivity contribution in [2.24, 2.45) is 0 Å². The van der Waals surface area contributed by atoms with Crippen molar-refractivity contribution in [3.8, 4) is 0 Å². The number of imidazole rings is 1. The van der Waals surface area contributed by atoms with E-state index < -0.39 is 6.10 Å². The summed E-state index contributed by atoms with van der Waals surface area (Å²) in [5, 5.41) is 11.5. The van der Waals surface area contributed by atoms with Crippen molar-refractivity contribution in [3.63, 3.8) is 0 Å². The summed E-state index contributed by atoms with van der Waals surface area (Å²) in [5.41, 5.74) is 1.97. The fourth-order valence-electron chi connectivity index (χ4n) is 1.84. The maximum absolute atomic E-state index is 9.45. The molecule has 5 heteroatoms. The number of fused-ring (bicyclic) bond motifs is 1. The minimum Gasteiger partial charge on any atom is -0.389 e. The summed E-state index contributed by atoms with van der Waals surface area (Å²) in [7, 11) is 0. The van der Waals surface area contributed by atoms with Crippen LogP contribution in [-0.4, -0.2) is 19.1 Å². The molecular formula is C12H13N3OS. The second kappa shape index (κ2) is 4.01. The molecule has 0 bridgehead atoms. The largest absolute Gasteiger partial charge is 0.389 e. The van der Waals surface area contributed by atoms with Gasteiger partial charge in [0.2, 0.25) is 0 Å². The van der Waals surface area contributed by atoms with E-state index in [0.717, 1.165) is 22.8 Å². The number of rotatable bonds is 3. The van der Waals surface area contributed by atoms with Crippen molar-refractivity contribution in [1.82, 2.24) is 14.0 Å². The van der Waals surface area contributed by atoms with E-state index in [0.29, 0.717) is 0 Å². The van der Waals surface area contributed by atoms with Crippen molar-refractivity contribution < 1.29 is 5.11 Å². The lowest BCUT2D eigenvalue weighted by Crippen LogP contribution is -1.97. The van der Waals surface area contributed by atoms with E-state index in [9.17, 15) is 5.11 Å². The lowest BCUT2D eigenvalue weighted by atomic mass is 10.2. The van der Waals surface area contributed by atoms with Gasteiger partial charge < -0.3 is 9.67 Å². The maximum atomic E-state index is 9.45. The molecule has 0 aliphatic rings. The molecular weight excluding hydrogens is 234 g/mol. The fraction of sp³-hybridized carbons (Fsp3) is 0.250. The lowest BCUT2D eigenvalue weighted by Gasteiger charge is -2.00. The third-order valence-corrected chi connectivity index (χ3v) is 3.51. The van der Waals surface area contributed by atoms with Crippen LogP contribution in [-0.2, 0) is 6.54 Å². The van der Waals surface area contributed by atoms with Gasteiger partial charge in [-0.05, 0) is 18.6 Å². The molecule has 1 atom stereocenters. The zero-order chi connectivity index (χ0) is 11.8. The number of thiazole rings is 1. The molecule has 0 spiro atoms. The molecule has 1 N–H and O–H groups in total. The normalized spacial score (nSPS) is 13.3. The molecule has 0 fully saturated rings. The number of aliphatic hydroxyl groups excluding tert-OH is 1.